The van der Waals surface area contributed by atoms with E-state index < -0.39 is 12.1 Å². The van der Waals surface area contributed by atoms with E-state index in [-0.39, 0.29) is 12.9 Å². The largest absolute Gasteiger partial charge is 0.493 e. The molecule has 1 N–H and O–H groups in total. The van der Waals surface area contributed by atoms with Gasteiger partial charge in [0.15, 0.2) is 17.6 Å². The number of hydrogen-bond donors (Lipinski definition) is 1. The van der Waals surface area contributed by atoms with Crippen LogP contribution in [0.1, 0.15) is 5.56 Å². The van der Waals surface area contributed by atoms with E-state index in [1.165, 1.54) is 14.2 Å². The molecule has 1 heterocycles. The molecule has 1 unspecified atom stereocenters. The number of carboxylic acid groups (broad SMARTS) is 1. The fraction of sp³-hybridized carbons (Fsp3) is 0.333. The number of aliphatic carboxylic acids is 1. The van der Waals surface area contributed by atoms with Crippen LogP contribution in [0.15, 0.2) is 18.2 Å². The van der Waals surface area contributed by atoms with Crippen LogP contribution in [0.5, 0.6) is 11.5 Å². The predicted molar refractivity (Wildman–Crippen MR) is 60.4 cm³/mol. The molecule has 1 aromatic rings. The molecular formula is C12H13O6. The third-order valence-electron chi connectivity index (χ3n) is 2.51. The molecule has 18 heavy (non-hydrogen) atoms. The second kappa shape index (κ2) is 5.24. The van der Waals surface area contributed by atoms with Gasteiger partial charge in [-0.1, -0.05) is 0 Å². The van der Waals surface area contributed by atoms with Crippen molar-refractivity contribution in [2.45, 2.75) is 6.10 Å². The predicted octanol–water partition coefficient (Wildman–Crippen LogP) is 1.04. The fourth-order valence-corrected chi connectivity index (χ4v) is 1.58. The number of benzene rings is 1. The van der Waals surface area contributed by atoms with Crippen LogP contribution in [0, 0.1) is 6.29 Å². The smallest absolute Gasteiger partial charge is 0.335 e. The van der Waals surface area contributed by atoms with Gasteiger partial charge in [0.2, 0.25) is 0 Å². The Morgan fingerprint density at radius 3 is 2.61 bits per heavy atom. The lowest BCUT2D eigenvalue weighted by molar-refractivity contribution is -0.146. The van der Waals surface area contributed by atoms with E-state index in [0.29, 0.717) is 17.1 Å². The minimum Gasteiger partial charge on any atom is -0.493 e. The summed E-state index contributed by atoms with van der Waals surface area (Å²) in [7, 11) is 3.05. The molecule has 0 aromatic heterocycles. The number of hydrogen-bond acceptors (Lipinski definition) is 5. The molecule has 1 aromatic carbocycles. The van der Waals surface area contributed by atoms with Gasteiger partial charge in [-0.2, -0.15) is 0 Å². The minimum absolute atomic E-state index is 0.000981. The zero-order chi connectivity index (χ0) is 13.1. The maximum Gasteiger partial charge on any atom is 0.335 e. The van der Waals surface area contributed by atoms with E-state index in [1.807, 2.05) is 0 Å². The first-order valence-corrected chi connectivity index (χ1v) is 5.27. The lowest BCUT2D eigenvalue weighted by Gasteiger charge is -2.12. The highest BCUT2D eigenvalue weighted by atomic mass is 16.7. The summed E-state index contributed by atoms with van der Waals surface area (Å²) in [5.74, 6) is 0.0496. The molecule has 1 fully saturated rings. The Balaban J connectivity index is 2.17. The molecule has 6 nitrogen and oxygen atoms in total. The Morgan fingerprint density at radius 2 is 2.06 bits per heavy atom. The average Bonchev–Trinajstić information content (AvgIpc) is 2.87. The highest BCUT2D eigenvalue weighted by molar-refractivity contribution is 5.73. The second-order valence-corrected chi connectivity index (χ2v) is 3.61. The quantitative estimate of drug-likeness (QED) is 0.864. The lowest BCUT2D eigenvalue weighted by Crippen LogP contribution is -2.21. The lowest BCUT2D eigenvalue weighted by atomic mass is 10.2. The molecule has 1 aliphatic heterocycles. The number of carbonyl (C=O) groups is 1. The van der Waals surface area contributed by atoms with Gasteiger partial charge in [0.05, 0.1) is 20.8 Å². The Morgan fingerprint density at radius 1 is 1.33 bits per heavy atom. The van der Waals surface area contributed by atoms with E-state index in [1.54, 1.807) is 18.2 Å². The fourth-order valence-electron chi connectivity index (χ4n) is 1.58. The van der Waals surface area contributed by atoms with E-state index >= 15 is 0 Å². The molecule has 1 aliphatic rings. The summed E-state index contributed by atoms with van der Waals surface area (Å²) in [6.45, 7) is -0.000981. The van der Waals surface area contributed by atoms with Crippen LogP contribution in [0.2, 0.25) is 0 Å². The zero-order valence-electron chi connectivity index (χ0n) is 10.0. The highest BCUT2D eigenvalue weighted by Gasteiger charge is 2.34. The summed E-state index contributed by atoms with van der Waals surface area (Å²) in [4.78, 5) is 10.7. The van der Waals surface area contributed by atoms with Gasteiger partial charge < -0.3 is 24.1 Å². The summed E-state index contributed by atoms with van der Waals surface area (Å²) < 4.78 is 20.6. The number of carboxylic acids is 1. The minimum atomic E-state index is -1.05. The van der Waals surface area contributed by atoms with Gasteiger partial charge in [0.1, 0.15) is 0 Å². The van der Waals surface area contributed by atoms with Gasteiger partial charge in [0, 0.05) is 5.56 Å². The van der Waals surface area contributed by atoms with Crippen molar-refractivity contribution < 1.29 is 28.8 Å². The standard InChI is InChI=1S/C12H13O6/c1-15-8-4-3-7(5-9(8)16-2)12-17-6-10(18-12)11(13)14/h3-5,10H,6H2,1-2H3,(H,13,14). The summed E-state index contributed by atoms with van der Waals surface area (Å²) >= 11 is 0. The summed E-state index contributed by atoms with van der Waals surface area (Å²) in [5.41, 5.74) is 0.608. The molecule has 0 amide bonds. The molecule has 1 atom stereocenters. The maximum absolute atomic E-state index is 10.7. The summed E-state index contributed by atoms with van der Waals surface area (Å²) in [6.07, 6.45) is -0.781. The topological polar surface area (TPSA) is 74.2 Å². The molecule has 97 valence electrons. The van der Waals surface area contributed by atoms with Gasteiger partial charge >= 0.3 is 5.97 Å². The maximum atomic E-state index is 10.7. The molecule has 0 aliphatic carbocycles. The number of rotatable bonds is 4. The van der Waals surface area contributed by atoms with Crippen LogP contribution in [0.4, 0.5) is 0 Å². The van der Waals surface area contributed by atoms with Gasteiger partial charge in [0.25, 0.3) is 6.29 Å². The number of methoxy groups -OCH3 is 2. The van der Waals surface area contributed by atoms with Crippen molar-refractivity contribution in [3.63, 3.8) is 0 Å². The van der Waals surface area contributed by atoms with Crippen LogP contribution < -0.4 is 9.47 Å². The van der Waals surface area contributed by atoms with Crippen LogP contribution >= 0.6 is 0 Å². The molecule has 1 saturated heterocycles. The summed E-state index contributed by atoms with van der Waals surface area (Å²) in [6, 6.07) is 5.07. The van der Waals surface area contributed by atoms with Crippen molar-refractivity contribution in [1.82, 2.24) is 0 Å². The van der Waals surface area contributed by atoms with Crippen molar-refractivity contribution in [2.75, 3.05) is 20.8 Å². The molecule has 1 radical (unpaired) electrons. The first-order valence-electron chi connectivity index (χ1n) is 5.27. The molecule has 0 spiro atoms. The van der Waals surface area contributed by atoms with E-state index in [0.717, 1.165) is 0 Å². The highest BCUT2D eigenvalue weighted by Crippen LogP contribution is 2.33. The van der Waals surface area contributed by atoms with Gasteiger partial charge in [-0.3, -0.25) is 0 Å². The van der Waals surface area contributed by atoms with Crippen molar-refractivity contribution in [3.05, 3.63) is 30.1 Å². The Bertz CT molecular complexity index is 444. The van der Waals surface area contributed by atoms with Crippen LogP contribution in [-0.4, -0.2) is 38.0 Å². The Kier molecular flexibility index (Phi) is 3.69. The van der Waals surface area contributed by atoms with Crippen LogP contribution in [0.3, 0.4) is 0 Å². The normalized spacial score (nSPS) is 19.8. The van der Waals surface area contributed by atoms with E-state index in [9.17, 15) is 4.79 Å². The average molecular weight is 253 g/mol. The SMILES string of the molecule is COc1ccc([C]2OCC(C(=O)O)O2)cc1OC. The number of ether oxygens (including phenoxy) is 4. The van der Waals surface area contributed by atoms with Gasteiger partial charge in [-0.15, -0.1) is 0 Å². The molecule has 6 heteroatoms. The Labute approximate surface area is 104 Å². The molecular weight excluding hydrogens is 240 g/mol. The Hall–Kier alpha value is -1.79. The van der Waals surface area contributed by atoms with Gasteiger partial charge in [-0.25, -0.2) is 4.79 Å². The third kappa shape index (κ3) is 2.39. The first-order chi connectivity index (χ1) is 8.65. The van der Waals surface area contributed by atoms with Crippen molar-refractivity contribution in [2.24, 2.45) is 0 Å². The second-order valence-electron chi connectivity index (χ2n) is 3.61. The van der Waals surface area contributed by atoms with Crippen LogP contribution in [0.25, 0.3) is 0 Å². The van der Waals surface area contributed by atoms with Crippen molar-refractivity contribution in [1.29, 1.82) is 0 Å². The third-order valence-corrected chi connectivity index (χ3v) is 2.51. The first kappa shape index (κ1) is 12.7. The van der Waals surface area contributed by atoms with E-state index in [4.69, 9.17) is 24.1 Å². The zero-order valence-corrected chi connectivity index (χ0v) is 10.0. The monoisotopic (exact) mass is 253 g/mol. The molecule has 0 bridgehead atoms. The van der Waals surface area contributed by atoms with E-state index in [2.05, 4.69) is 0 Å². The van der Waals surface area contributed by atoms with Crippen molar-refractivity contribution >= 4 is 5.97 Å². The van der Waals surface area contributed by atoms with Gasteiger partial charge in [-0.05, 0) is 18.2 Å². The van der Waals surface area contributed by atoms with Crippen LogP contribution in [-0.2, 0) is 14.3 Å². The summed E-state index contributed by atoms with van der Waals surface area (Å²) in [5, 5.41) is 8.80. The van der Waals surface area contributed by atoms with Crippen molar-refractivity contribution in [3.8, 4) is 11.5 Å². The molecule has 0 saturated carbocycles. The molecule has 2 rings (SSSR count).